The Balaban J connectivity index is 2.18. The zero-order valence-electron chi connectivity index (χ0n) is 8.35. The van der Waals surface area contributed by atoms with Crippen LogP contribution in [-0.2, 0) is 0 Å². The van der Waals surface area contributed by atoms with Gasteiger partial charge in [-0.05, 0) is 26.4 Å². The van der Waals surface area contributed by atoms with Gasteiger partial charge in [-0.3, -0.25) is 0 Å². The molecule has 0 saturated carbocycles. The van der Waals surface area contributed by atoms with Crippen LogP contribution in [0.4, 0.5) is 0 Å². The highest BCUT2D eigenvalue weighted by atomic mass is 15.2. The number of aromatic nitrogens is 2. The van der Waals surface area contributed by atoms with E-state index in [9.17, 15) is 0 Å². The molecule has 1 aliphatic rings. The van der Waals surface area contributed by atoms with Crippen LogP contribution >= 0.6 is 0 Å². The molecule has 1 unspecified atom stereocenters. The maximum Gasteiger partial charge on any atom is 0.140 e. The number of piperidine rings is 1. The van der Waals surface area contributed by atoms with Crippen molar-refractivity contribution in [2.45, 2.75) is 18.9 Å². The molecule has 1 aliphatic heterocycles. The lowest BCUT2D eigenvalue weighted by atomic mass is 10.1. The normalized spacial score (nSPS) is 23.3. The van der Waals surface area contributed by atoms with E-state index < -0.39 is 0 Å². The van der Waals surface area contributed by atoms with Gasteiger partial charge in [0.1, 0.15) is 11.8 Å². The van der Waals surface area contributed by atoms with E-state index in [-0.39, 0.29) is 0 Å². The molecule has 4 nitrogen and oxygen atoms in total. The minimum absolute atomic E-state index is 0.422. The molecule has 1 saturated heterocycles. The first-order valence-electron chi connectivity index (χ1n) is 4.91. The molecule has 0 amide bonds. The van der Waals surface area contributed by atoms with Gasteiger partial charge in [0.2, 0.25) is 0 Å². The van der Waals surface area contributed by atoms with Gasteiger partial charge >= 0.3 is 0 Å². The van der Waals surface area contributed by atoms with Crippen molar-refractivity contribution < 1.29 is 0 Å². The van der Waals surface area contributed by atoms with Gasteiger partial charge in [-0.25, -0.2) is 4.98 Å². The predicted molar refractivity (Wildman–Crippen MR) is 52.7 cm³/mol. The minimum atomic E-state index is 0.422. The van der Waals surface area contributed by atoms with Gasteiger partial charge in [0, 0.05) is 12.6 Å². The second-order valence-electron chi connectivity index (χ2n) is 3.86. The Labute approximate surface area is 83.8 Å². The summed E-state index contributed by atoms with van der Waals surface area (Å²) in [6, 6.07) is 2.59. The molecule has 1 aromatic heterocycles. The van der Waals surface area contributed by atoms with Crippen molar-refractivity contribution in [2.75, 3.05) is 20.1 Å². The lowest BCUT2D eigenvalue weighted by Crippen LogP contribution is -2.33. The third-order valence-electron chi connectivity index (χ3n) is 2.77. The molecular weight excluding hydrogens is 176 g/mol. The van der Waals surface area contributed by atoms with Crippen LogP contribution in [0.2, 0.25) is 0 Å². The average Bonchev–Trinajstić information content (AvgIpc) is 2.65. The first-order chi connectivity index (χ1) is 6.81. The second-order valence-corrected chi connectivity index (χ2v) is 3.86. The topological polar surface area (TPSA) is 44.9 Å². The van der Waals surface area contributed by atoms with Gasteiger partial charge in [0.05, 0.1) is 12.5 Å². The fourth-order valence-corrected chi connectivity index (χ4v) is 2.05. The average molecular weight is 190 g/mol. The molecule has 0 radical (unpaired) electrons. The fourth-order valence-electron chi connectivity index (χ4n) is 2.05. The molecule has 0 spiro atoms. The van der Waals surface area contributed by atoms with Crippen molar-refractivity contribution in [2.24, 2.45) is 0 Å². The Morgan fingerprint density at radius 1 is 1.64 bits per heavy atom. The number of likely N-dealkylation sites (N-methyl/N-ethyl adjacent to an activating group) is 1. The second kappa shape index (κ2) is 3.81. The van der Waals surface area contributed by atoms with E-state index in [0.717, 1.165) is 19.5 Å². The van der Waals surface area contributed by atoms with Crippen molar-refractivity contribution in [3.8, 4) is 6.07 Å². The van der Waals surface area contributed by atoms with Crippen molar-refractivity contribution in [3.63, 3.8) is 0 Å². The van der Waals surface area contributed by atoms with Crippen molar-refractivity contribution >= 4 is 0 Å². The summed E-state index contributed by atoms with van der Waals surface area (Å²) < 4.78 is 2.00. The lowest BCUT2D eigenvalue weighted by molar-refractivity contribution is 0.211. The van der Waals surface area contributed by atoms with E-state index in [1.807, 2.05) is 4.57 Å². The van der Waals surface area contributed by atoms with Crippen LogP contribution < -0.4 is 0 Å². The minimum Gasteiger partial charge on any atom is -0.318 e. The summed E-state index contributed by atoms with van der Waals surface area (Å²) in [7, 11) is 2.12. The molecule has 74 valence electrons. The smallest absolute Gasteiger partial charge is 0.140 e. The van der Waals surface area contributed by atoms with Crippen molar-refractivity contribution in [3.05, 3.63) is 18.2 Å². The van der Waals surface area contributed by atoms with Crippen molar-refractivity contribution in [1.82, 2.24) is 14.5 Å². The summed E-state index contributed by atoms with van der Waals surface area (Å²) in [4.78, 5) is 6.32. The number of hydrogen-bond donors (Lipinski definition) is 0. The molecule has 0 aromatic carbocycles. The summed E-state index contributed by atoms with van der Waals surface area (Å²) in [6.45, 7) is 2.18. The number of imidazole rings is 1. The highest BCUT2D eigenvalue weighted by molar-refractivity contribution is 5.18. The largest absolute Gasteiger partial charge is 0.318 e. The molecule has 14 heavy (non-hydrogen) atoms. The van der Waals surface area contributed by atoms with E-state index in [1.54, 1.807) is 12.5 Å². The standard InChI is InChI=1S/C10H14N4/c1-13-4-2-3-9(7-13)14-8-12-6-10(14)5-11/h6,8-9H,2-4,7H2,1H3. The maximum atomic E-state index is 8.88. The molecule has 1 atom stereocenters. The summed E-state index contributed by atoms with van der Waals surface area (Å²) in [5, 5.41) is 8.88. The molecule has 1 fully saturated rings. The Morgan fingerprint density at radius 2 is 2.50 bits per heavy atom. The molecule has 0 N–H and O–H groups in total. The first kappa shape index (κ1) is 9.22. The summed E-state index contributed by atoms with van der Waals surface area (Å²) in [5.74, 6) is 0. The molecule has 1 aromatic rings. The van der Waals surface area contributed by atoms with E-state index in [4.69, 9.17) is 5.26 Å². The van der Waals surface area contributed by atoms with Gasteiger partial charge in [0.15, 0.2) is 0 Å². The monoisotopic (exact) mass is 190 g/mol. The SMILES string of the molecule is CN1CCCC(n2cncc2C#N)C1. The fraction of sp³-hybridized carbons (Fsp3) is 0.600. The molecule has 0 bridgehead atoms. The maximum absolute atomic E-state index is 8.88. The van der Waals surface area contributed by atoms with E-state index in [2.05, 4.69) is 23.0 Å². The molecule has 2 rings (SSSR count). The predicted octanol–water partition coefficient (Wildman–Crippen LogP) is 1.02. The highest BCUT2D eigenvalue weighted by Gasteiger charge is 2.20. The van der Waals surface area contributed by atoms with Crippen LogP contribution in [0.25, 0.3) is 0 Å². The number of hydrogen-bond acceptors (Lipinski definition) is 3. The molecular formula is C10H14N4. The number of rotatable bonds is 1. The third-order valence-corrected chi connectivity index (χ3v) is 2.77. The van der Waals surface area contributed by atoms with Crippen LogP contribution in [-0.4, -0.2) is 34.6 Å². The van der Waals surface area contributed by atoms with Crippen LogP contribution in [0.15, 0.2) is 12.5 Å². The Bertz CT molecular complexity index is 349. The Kier molecular flexibility index (Phi) is 2.51. The van der Waals surface area contributed by atoms with E-state index in [0.29, 0.717) is 11.7 Å². The first-order valence-corrected chi connectivity index (χ1v) is 4.91. The summed E-state index contributed by atoms with van der Waals surface area (Å²) in [6.07, 6.45) is 5.75. The third kappa shape index (κ3) is 1.64. The summed E-state index contributed by atoms with van der Waals surface area (Å²) >= 11 is 0. The highest BCUT2D eigenvalue weighted by Crippen LogP contribution is 2.21. The van der Waals surface area contributed by atoms with Gasteiger partial charge in [-0.2, -0.15) is 5.26 Å². The van der Waals surface area contributed by atoms with Crippen LogP contribution in [0.5, 0.6) is 0 Å². The zero-order valence-corrected chi connectivity index (χ0v) is 8.35. The Morgan fingerprint density at radius 3 is 3.21 bits per heavy atom. The quantitative estimate of drug-likeness (QED) is 0.664. The molecule has 0 aliphatic carbocycles. The Hall–Kier alpha value is -1.34. The number of nitrogens with zero attached hydrogens (tertiary/aromatic N) is 4. The van der Waals surface area contributed by atoms with Gasteiger partial charge in [0.25, 0.3) is 0 Å². The van der Waals surface area contributed by atoms with Gasteiger partial charge in [-0.1, -0.05) is 0 Å². The molecule has 2 heterocycles. The number of nitriles is 1. The van der Waals surface area contributed by atoms with Crippen molar-refractivity contribution in [1.29, 1.82) is 5.26 Å². The lowest BCUT2D eigenvalue weighted by Gasteiger charge is -2.30. The molecule has 4 heteroatoms. The van der Waals surface area contributed by atoms with Gasteiger partial charge in [-0.15, -0.1) is 0 Å². The number of likely N-dealkylation sites (tertiary alicyclic amines) is 1. The zero-order chi connectivity index (χ0) is 9.97. The van der Waals surface area contributed by atoms with E-state index in [1.165, 1.54) is 6.42 Å². The van der Waals surface area contributed by atoms with E-state index >= 15 is 0 Å². The van der Waals surface area contributed by atoms with Gasteiger partial charge < -0.3 is 9.47 Å². The van der Waals surface area contributed by atoms with Crippen LogP contribution in [0.1, 0.15) is 24.6 Å². The van der Waals surface area contributed by atoms with Crippen LogP contribution in [0.3, 0.4) is 0 Å². The summed E-state index contributed by atoms with van der Waals surface area (Å²) in [5.41, 5.74) is 0.672. The van der Waals surface area contributed by atoms with Crippen LogP contribution in [0, 0.1) is 11.3 Å².